The van der Waals surface area contributed by atoms with Crippen LogP contribution >= 0.6 is 11.3 Å². The van der Waals surface area contributed by atoms with Crippen LogP contribution in [0.5, 0.6) is 11.5 Å². The summed E-state index contributed by atoms with van der Waals surface area (Å²) in [5, 5.41) is 0.751. The molecule has 0 fully saturated rings. The predicted molar refractivity (Wildman–Crippen MR) is 105 cm³/mol. The summed E-state index contributed by atoms with van der Waals surface area (Å²) < 4.78 is 10.9. The van der Waals surface area contributed by atoms with Gasteiger partial charge < -0.3 is 9.47 Å². The van der Waals surface area contributed by atoms with Crippen molar-refractivity contribution in [2.75, 3.05) is 13.2 Å². The molecule has 2 heterocycles. The third-order valence-electron chi connectivity index (χ3n) is 4.12. The van der Waals surface area contributed by atoms with E-state index < -0.39 is 11.8 Å². The number of nitrogens with zero attached hydrogens (tertiary/aromatic N) is 1. The van der Waals surface area contributed by atoms with Gasteiger partial charge in [-0.3, -0.25) is 20.4 Å². The largest absolute Gasteiger partial charge is 0.486 e. The molecule has 28 heavy (non-hydrogen) atoms. The van der Waals surface area contributed by atoms with Gasteiger partial charge in [-0.05, 0) is 25.1 Å². The third kappa shape index (κ3) is 3.67. The van der Waals surface area contributed by atoms with E-state index in [0.29, 0.717) is 40.8 Å². The summed E-state index contributed by atoms with van der Waals surface area (Å²) in [5.74, 6) is 0.246. The highest BCUT2D eigenvalue weighted by Crippen LogP contribution is 2.31. The fourth-order valence-corrected chi connectivity index (χ4v) is 3.71. The number of hydrogen-bond acceptors (Lipinski definition) is 6. The fraction of sp³-hybridized carbons (Fsp3) is 0.150. The number of nitrogens with one attached hydrogen (secondary N) is 2. The monoisotopic (exact) mass is 395 g/mol. The Labute approximate surface area is 165 Å². The summed E-state index contributed by atoms with van der Waals surface area (Å²) in [4.78, 5) is 29.7. The van der Waals surface area contributed by atoms with Gasteiger partial charge >= 0.3 is 0 Å². The number of fused-ring (bicyclic) bond motifs is 1. The fourth-order valence-electron chi connectivity index (χ4n) is 2.74. The smallest absolute Gasteiger partial charge is 0.281 e. The van der Waals surface area contributed by atoms with E-state index in [0.717, 1.165) is 10.6 Å². The van der Waals surface area contributed by atoms with Gasteiger partial charge in [0.25, 0.3) is 11.8 Å². The molecule has 0 spiro atoms. The molecular formula is C20H17N3O4S. The van der Waals surface area contributed by atoms with E-state index in [4.69, 9.17) is 9.47 Å². The van der Waals surface area contributed by atoms with Gasteiger partial charge in [-0.25, -0.2) is 4.98 Å². The molecule has 7 nitrogen and oxygen atoms in total. The van der Waals surface area contributed by atoms with Crippen molar-refractivity contribution < 1.29 is 19.1 Å². The molecule has 8 heteroatoms. The molecular weight excluding hydrogens is 378 g/mol. The zero-order valence-electron chi connectivity index (χ0n) is 15.0. The summed E-state index contributed by atoms with van der Waals surface area (Å²) in [6.07, 6.45) is 0. The van der Waals surface area contributed by atoms with E-state index in [2.05, 4.69) is 15.8 Å². The van der Waals surface area contributed by atoms with Crippen LogP contribution in [0.3, 0.4) is 0 Å². The molecule has 0 saturated heterocycles. The standard InChI is InChI=1S/C20H17N3O4S/c1-12-17(28-20(21-12)13-5-3-2-4-6-13)19(25)23-22-18(24)14-7-8-15-16(11-14)27-10-9-26-15/h2-8,11H,9-10H2,1H3,(H,22,24)(H,23,25). The zero-order valence-corrected chi connectivity index (χ0v) is 15.8. The molecule has 1 aliphatic rings. The first-order chi connectivity index (χ1) is 13.6. The summed E-state index contributed by atoms with van der Waals surface area (Å²) >= 11 is 1.28. The Morgan fingerprint density at radius 3 is 2.46 bits per heavy atom. The number of thiazole rings is 1. The maximum atomic E-state index is 12.5. The molecule has 0 saturated carbocycles. The van der Waals surface area contributed by atoms with Gasteiger partial charge in [0.1, 0.15) is 23.1 Å². The van der Waals surface area contributed by atoms with Crippen molar-refractivity contribution in [1.29, 1.82) is 0 Å². The molecule has 3 aromatic rings. The van der Waals surface area contributed by atoms with Crippen LogP contribution in [0.2, 0.25) is 0 Å². The summed E-state index contributed by atoms with van der Waals surface area (Å²) in [5.41, 5.74) is 6.77. The number of hydrazine groups is 1. The molecule has 4 rings (SSSR count). The van der Waals surface area contributed by atoms with Gasteiger partial charge in [-0.1, -0.05) is 30.3 Å². The molecule has 0 atom stereocenters. The summed E-state index contributed by atoms with van der Waals surface area (Å²) in [6.45, 7) is 2.68. The van der Waals surface area contributed by atoms with Crippen LogP contribution < -0.4 is 20.3 Å². The van der Waals surface area contributed by atoms with Gasteiger partial charge in [0.2, 0.25) is 0 Å². The van der Waals surface area contributed by atoms with E-state index in [1.807, 2.05) is 30.3 Å². The minimum atomic E-state index is -0.448. The Kier molecular flexibility index (Phi) is 4.94. The SMILES string of the molecule is Cc1nc(-c2ccccc2)sc1C(=O)NNC(=O)c1ccc2c(c1)OCCO2. The zero-order chi connectivity index (χ0) is 19.5. The highest BCUT2D eigenvalue weighted by atomic mass is 32.1. The molecule has 0 radical (unpaired) electrons. The van der Waals surface area contributed by atoms with E-state index in [1.54, 1.807) is 25.1 Å². The second-order valence-corrected chi connectivity index (χ2v) is 7.07. The number of rotatable bonds is 3. The van der Waals surface area contributed by atoms with Gasteiger partial charge in [0.15, 0.2) is 11.5 Å². The number of ether oxygens (including phenoxy) is 2. The quantitative estimate of drug-likeness (QED) is 0.666. The van der Waals surface area contributed by atoms with Crippen molar-refractivity contribution in [3.05, 3.63) is 64.7 Å². The number of hydrogen-bond donors (Lipinski definition) is 2. The first-order valence-electron chi connectivity index (χ1n) is 8.65. The lowest BCUT2D eigenvalue weighted by molar-refractivity contribution is 0.0848. The van der Waals surface area contributed by atoms with Crippen LogP contribution in [0.15, 0.2) is 48.5 Å². The number of carbonyl (C=O) groups is 2. The van der Waals surface area contributed by atoms with Crippen LogP contribution in [0.1, 0.15) is 25.7 Å². The number of amides is 2. The van der Waals surface area contributed by atoms with E-state index >= 15 is 0 Å². The van der Waals surface area contributed by atoms with Crippen LogP contribution in [0.4, 0.5) is 0 Å². The lowest BCUT2D eigenvalue weighted by atomic mass is 10.2. The Hall–Kier alpha value is -3.39. The Morgan fingerprint density at radius 2 is 1.68 bits per heavy atom. The van der Waals surface area contributed by atoms with Crippen LogP contribution in [0, 0.1) is 6.92 Å². The van der Waals surface area contributed by atoms with Gasteiger partial charge in [0, 0.05) is 11.1 Å². The van der Waals surface area contributed by atoms with Crippen molar-refractivity contribution in [1.82, 2.24) is 15.8 Å². The second kappa shape index (κ2) is 7.69. The average Bonchev–Trinajstić information content (AvgIpc) is 3.14. The first kappa shape index (κ1) is 18.0. The highest BCUT2D eigenvalue weighted by Gasteiger charge is 2.18. The highest BCUT2D eigenvalue weighted by molar-refractivity contribution is 7.17. The van der Waals surface area contributed by atoms with Crippen LogP contribution in [-0.4, -0.2) is 30.0 Å². The van der Waals surface area contributed by atoms with E-state index in [9.17, 15) is 9.59 Å². The van der Waals surface area contributed by atoms with E-state index in [-0.39, 0.29) is 0 Å². The number of carbonyl (C=O) groups excluding carboxylic acids is 2. The third-order valence-corrected chi connectivity index (χ3v) is 5.32. The maximum absolute atomic E-state index is 12.5. The van der Waals surface area contributed by atoms with Crippen molar-refractivity contribution in [2.45, 2.75) is 6.92 Å². The van der Waals surface area contributed by atoms with Crippen molar-refractivity contribution >= 4 is 23.2 Å². The van der Waals surface area contributed by atoms with Crippen molar-refractivity contribution in [2.24, 2.45) is 0 Å². The predicted octanol–water partition coefficient (Wildman–Crippen LogP) is 2.96. The van der Waals surface area contributed by atoms with Gasteiger partial charge in [-0.15, -0.1) is 11.3 Å². The van der Waals surface area contributed by atoms with Crippen molar-refractivity contribution in [3.63, 3.8) is 0 Å². The Balaban J connectivity index is 1.43. The lowest BCUT2D eigenvalue weighted by Crippen LogP contribution is -2.41. The second-order valence-electron chi connectivity index (χ2n) is 6.07. The molecule has 0 aliphatic carbocycles. The Morgan fingerprint density at radius 1 is 0.964 bits per heavy atom. The maximum Gasteiger partial charge on any atom is 0.281 e. The Bertz CT molecular complexity index is 1030. The van der Waals surface area contributed by atoms with Crippen LogP contribution in [-0.2, 0) is 0 Å². The van der Waals surface area contributed by atoms with Gasteiger partial charge in [-0.2, -0.15) is 0 Å². The average molecular weight is 395 g/mol. The number of aryl methyl sites for hydroxylation is 1. The minimum Gasteiger partial charge on any atom is -0.486 e. The number of benzene rings is 2. The molecule has 142 valence electrons. The topological polar surface area (TPSA) is 89.6 Å². The summed E-state index contributed by atoms with van der Waals surface area (Å²) in [6, 6.07) is 14.5. The molecule has 1 aromatic heterocycles. The van der Waals surface area contributed by atoms with Gasteiger partial charge in [0.05, 0.1) is 5.69 Å². The molecule has 2 aromatic carbocycles. The van der Waals surface area contributed by atoms with Crippen molar-refractivity contribution in [3.8, 4) is 22.1 Å². The molecule has 2 N–H and O–H groups in total. The van der Waals surface area contributed by atoms with Crippen LogP contribution in [0.25, 0.3) is 10.6 Å². The molecule has 1 aliphatic heterocycles. The van der Waals surface area contributed by atoms with E-state index in [1.165, 1.54) is 11.3 Å². The normalized spacial score (nSPS) is 12.3. The lowest BCUT2D eigenvalue weighted by Gasteiger charge is -2.18. The summed E-state index contributed by atoms with van der Waals surface area (Å²) in [7, 11) is 0. The first-order valence-corrected chi connectivity index (χ1v) is 9.46. The molecule has 0 bridgehead atoms. The molecule has 0 unspecified atom stereocenters. The molecule has 2 amide bonds. The minimum absolute atomic E-state index is 0.357. The number of aromatic nitrogens is 1.